The van der Waals surface area contributed by atoms with Crippen molar-refractivity contribution in [3.8, 4) is 0 Å². The number of carbonyl (C=O) groups is 3. The lowest BCUT2D eigenvalue weighted by atomic mass is 10.2. The first-order valence-corrected chi connectivity index (χ1v) is 10.5. The molecule has 0 radical (unpaired) electrons. The molecule has 1 fully saturated rings. The number of likely N-dealkylation sites (N-methyl/N-ethyl adjacent to an activating group) is 1. The highest BCUT2D eigenvalue weighted by molar-refractivity contribution is 7.89. The highest BCUT2D eigenvalue weighted by Gasteiger charge is 2.27. The van der Waals surface area contributed by atoms with Crippen molar-refractivity contribution in [2.24, 2.45) is 0 Å². The van der Waals surface area contributed by atoms with Crippen LogP contribution >= 0.6 is 0 Å². The van der Waals surface area contributed by atoms with E-state index in [1.165, 1.54) is 43.1 Å². The van der Waals surface area contributed by atoms with Crippen molar-refractivity contribution >= 4 is 39.2 Å². The molecule has 1 saturated heterocycles. The summed E-state index contributed by atoms with van der Waals surface area (Å²) in [6.45, 7) is 1.57. The van der Waals surface area contributed by atoms with E-state index in [9.17, 15) is 22.8 Å². The lowest BCUT2D eigenvalue weighted by molar-refractivity contribution is -0.116. The van der Waals surface area contributed by atoms with Crippen LogP contribution in [0.1, 0.15) is 17.3 Å². The van der Waals surface area contributed by atoms with Gasteiger partial charge in [0.15, 0.2) is 5.78 Å². The Morgan fingerprint density at radius 2 is 1.80 bits per heavy atom. The fraction of sp³-hybridized carbons (Fsp3) is 0.250. The maximum atomic E-state index is 12.7. The molecule has 2 aromatic rings. The first-order chi connectivity index (χ1) is 14.2. The van der Waals surface area contributed by atoms with Gasteiger partial charge in [-0.15, -0.1) is 0 Å². The zero-order chi connectivity index (χ0) is 21.9. The number of benzene rings is 2. The zero-order valence-electron chi connectivity index (χ0n) is 16.5. The number of anilines is 2. The summed E-state index contributed by atoms with van der Waals surface area (Å²) in [7, 11) is -2.64. The largest absolute Gasteiger partial charge is 0.447 e. The summed E-state index contributed by atoms with van der Waals surface area (Å²) >= 11 is 0. The van der Waals surface area contributed by atoms with Crippen LogP contribution in [-0.2, 0) is 19.6 Å². The van der Waals surface area contributed by atoms with Crippen LogP contribution in [-0.4, -0.2) is 57.3 Å². The number of hydrogen-bond donors (Lipinski definition) is 1. The number of Topliss-reactive ketones (excluding diaryl/α,β-unsaturated/α-hetero) is 1. The van der Waals surface area contributed by atoms with Gasteiger partial charge in [0.1, 0.15) is 6.61 Å². The van der Waals surface area contributed by atoms with E-state index < -0.39 is 28.6 Å². The van der Waals surface area contributed by atoms with Gasteiger partial charge in [0.05, 0.1) is 29.4 Å². The van der Waals surface area contributed by atoms with Crippen LogP contribution in [0.3, 0.4) is 0 Å². The molecule has 2 amide bonds. The molecular weight excluding hydrogens is 410 g/mol. The molecule has 9 nitrogen and oxygen atoms in total. The number of cyclic esters (lactones) is 1. The van der Waals surface area contributed by atoms with Crippen LogP contribution in [0, 0.1) is 0 Å². The quantitative estimate of drug-likeness (QED) is 0.672. The average Bonchev–Trinajstić information content (AvgIpc) is 3.14. The molecule has 1 heterocycles. The molecule has 30 heavy (non-hydrogen) atoms. The van der Waals surface area contributed by atoms with E-state index in [0.29, 0.717) is 23.5 Å². The second kappa shape index (κ2) is 8.64. The highest BCUT2D eigenvalue weighted by atomic mass is 32.2. The Kier molecular flexibility index (Phi) is 6.18. The minimum absolute atomic E-state index is 0.0250. The predicted molar refractivity (Wildman–Crippen MR) is 110 cm³/mol. The summed E-state index contributed by atoms with van der Waals surface area (Å²) in [5, 5.41) is 2.65. The lowest BCUT2D eigenvalue weighted by Gasteiger charge is -2.20. The summed E-state index contributed by atoms with van der Waals surface area (Å²) in [5.41, 5.74) is 1.24. The number of nitrogens with one attached hydrogen (secondary N) is 1. The van der Waals surface area contributed by atoms with E-state index in [1.54, 1.807) is 24.3 Å². The Balaban J connectivity index is 1.72. The van der Waals surface area contributed by atoms with Crippen LogP contribution in [0.15, 0.2) is 53.4 Å². The summed E-state index contributed by atoms with van der Waals surface area (Å²) in [4.78, 5) is 37.1. The maximum absolute atomic E-state index is 12.7. The van der Waals surface area contributed by atoms with E-state index in [-0.39, 0.29) is 17.3 Å². The summed E-state index contributed by atoms with van der Waals surface area (Å²) in [6.07, 6.45) is -0.509. The number of rotatable bonds is 7. The lowest BCUT2D eigenvalue weighted by Crippen LogP contribution is -2.35. The van der Waals surface area contributed by atoms with Crippen LogP contribution in [0.25, 0.3) is 0 Å². The van der Waals surface area contributed by atoms with Crippen molar-refractivity contribution < 1.29 is 27.5 Å². The van der Waals surface area contributed by atoms with E-state index in [2.05, 4.69) is 5.32 Å². The number of carbonyl (C=O) groups excluding carboxylic acids is 3. The molecule has 0 aromatic heterocycles. The van der Waals surface area contributed by atoms with Gasteiger partial charge in [-0.25, -0.2) is 13.2 Å². The molecule has 158 valence electrons. The van der Waals surface area contributed by atoms with Gasteiger partial charge in [-0.05, 0) is 31.2 Å². The minimum atomic E-state index is -3.93. The van der Waals surface area contributed by atoms with Crippen LogP contribution < -0.4 is 10.2 Å². The van der Waals surface area contributed by atoms with Crippen molar-refractivity contribution in [2.45, 2.75) is 11.8 Å². The number of para-hydroxylation sites is 2. The van der Waals surface area contributed by atoms with Crippen LogP contribution in [0.2, 0.25) is 0 Å². The van der Waals surface area contributed by atoms with Gasteiger partial charge >= 0.3 is 6.09 Å². The number of ether oxygens (including phenoxy) is 1. The predicted octanol–water partition coefficient (Wildman–Crippen LogP) is 2.10. The molecular formula is C20H21N3O6S. The van der Waals surface area contributed by atoms with Gasteiger partial charge in [-0.3, -0.25) is 14.5 Å². The van der Waals surface area contributed by atoms with Crippen LogP contribution in [0.5, 0.6) is 0 Å². The van der Waals surface area contributed by atoms with E-state index >= 15 is 0 Å². The smallest absolute Gasteiger partial charge is 0.414 e. The molecule has 0 bridgehead atoms. The second-order valence-electron chi connectivity index (χ2n) is 6.67. The van der Waals surface area contributed by atoms with E-state index in [1.807, 2.05) is 0 Å². The van der Waals surface area contributed by atoms with Crippen molar-refractivity contribution in [2.75, 3.05) is 37.0 Å². The van der Waals surface area contributed by atoms with E-state index in [4.69, 9.17) is 4.74 Å². The molecule has 1 aliphatic heterocycles. The molecule has 2 aromatic carbocycles. The topological polar surface area (TPSA) is 113 Å². The van der Waals surface area contributed by atoms with E-state index in [0.717, 1.165) is 4.31 Å². The summed E-state index contributed by atoms with van der Waals surface area (Å²) in [6, 6.07) is 12.2. The van der Waals surface area contributed by atoms with Gasteiger partial charge in [-0.1, -0.05) is 24.3 Å². The van der Waals surface area contributed by atoms with Crippen molar-refractivity contribution in [3.63, 3.8) is 0 Å². The normalized spacial score (nSPS) is 14.0. The Morgan fingerprint density at radius 1 is 1.13 bits per heavy atom. The minimum Gasteiger partial charge on any atom is -0.447 e. The van der Waals surface area contributed by atoms with Crippen molar-refractivity contribution in [3.05, 3.63) is 54.1 Å². The number of sulfonamides is 1. The highest BCUT2D eigenvalue weighted by Crippen LogP contribution is 2.28. The first-order valence-electron chi connectivity index (χ1n) is 9.10. The molecule has 0 saturated carbocycles. The fourth-order valence-corrected chi connectivity index (χ4v) is 4.07. The SMILES string of the molecule is CC(=O)c1ccc(S(=O)(=O)N(C)CC(=O)Nc2ccccc2N2CCOC2=O)cc1. The molecule has 1 aliphatic rings. The number of ketones is 1. The Labute approximate surface area is 174 Å². The van der Waals surface area contributed by atoms with Gasteiger partial charge in [0.2, 0.25) is 15.9 Å². The zero-order valence-corrected chi connectivity index (χ0v) is 17.3. The molecule has 0 spiro atoms. The van der Waals surface area contributed by atoms with Gasteiger partial charge in [0.25, 0.3) is 0 Å². The van der Waals surface area contributed by atoms with Crippen molar-refractivity contribution in [1.82, 2.24) is 4.31 Å². The molecule has 3 rings (SSSR count). The fourth-order valence-electron chi connectivity index (χ4n) is 2.95. The van der Waals surface area contributed by atoms with Gasteiger partial charge in [0, 0.05) is 12.6 Å². The Bertz CT molecular complexity index is 1080. The Hall–Kier alpha value is -3.24. The van der Waals surface area contributed by atoms with Crippen molar-refractivity contribution in [1.29, 1.82) is 0 Å². The molecule has 0 aliphatic carbocycles. The van der Waals surface area contributed by atoms with Gasteiger partial charge in [-0.2, -0.15) is 4.31 Å². The second-order valence-corrected chi connectivity index (χ2v) is 8.72. The standard InChI is InChI=1S/C20H21N3O6S/c1-14(24)15-7-9-16(10-8-15)30(27,28)22(2)13-19(25)21-17-5-3-4-6-18(17)23-11-12-29-20(23)26/h3-10H,11-13H2,1-2H3,(H,21,25). The molecule has 0 unspecified atom stereocenters. The summed E-state index contributed by atoms with van der Waals surface area (Å²) in [5.74, 6) is -0.742. The van der Waals surface area contributed by atoms with Gasteiger partial charge < -0.3 is 10.1 Å². The number of hydrogen-bond acceptors (Lipinski definition) is 6. The number of amides is 2. The third-order valence-corrected chi connectivity index (χ3v) is 6.38. The monoisotopic (exact) mass is 431 g/mol. The Morgan fingerprint density at radius 3 is 2.40 bits per heavy atom. The maximum Gasteiger partial charge on any atom is 0.414 e. The summed E-state index contributed by atoms with van der Waals surface area (Å²) < 4.78 is 31.3. The van der Waals surface area contributed by atoms with Crippen LogP contribution in [0.4, 0.5) is 16.2 Å². The third-order valence-electron chi connectivity index (χ3n) is 4.57. The average molecular weight is 431 g/mol. The first kappa shape index (κ1) is 21.5. The molecule has 10 heteroatoms. The molecule has 0 atom stereocenters. The number of nitrogens with zero attached hydrogens (tertiary/aromatic N) is 2. The molecule has 1 N–H and O–H groups in total. The third kappa shape index (κ3) is 4.50.